The van der Waals surface area contributed by atoms with Crippen LogP contribution in [0.25, 0.3) is 0 Å². The Balaban J connectivity index is 2.53. The van der Waals surface area contributed by atoms with Gasteiger partial charge in [0.05, 0.1) is 5.54 Å². The van der Waals surface area contributed by atoms with Crippen molar-refractivity contribution in [3.63, 3.8) is 0 Å². The average molecular weight is 389 g/mol. The number of hydrogen-bond donors (Lipinski definition) is 2. The molecule has 1 fully saturated rings. The Morgan fingerprint density at radius 2 is 2.00 bits per heavy atom. The van der Waals surface area contributed by atoms with Gasteiger partial charge in [-0.3, -0.25) is 0 Å². The lowest BCUT2D eigenvalue weighted by Gasteiger charge is -2.38. The van der Waals surface area contributed by atoms with Crippen LogP contribution in [-0.4, -0.2) is 17.3 Å². The Morgan fingerprint density at radius 3 is 2.63 bits per heavy atom. The number of nitrogens with two attached hydrogens (primary N) is 1. The smallest absolute Gasteiger partial charge is 0.0586 e. The van der Waals surface area contributed by atoms with Crippen molar-refractivity contribution in [3.05, 3.63) is 45.0 Å². The number of rotatable bonds is 3. The summed E-state index contributed by atoms with van der Waals surface area (Å²) in [4.78, 5) is 1.41. The summed E-state index contributed by atoms with van der Waals surface area (Å²) >= 11 is 1.94. The third-order valence-corrected chi connectivity index (χ3v) is 7.70. The van der Waals surface area contributed by atoms with Gasteiger partial charge in [-0.2, -0.15) is 0 Å². The van der Waals surface area contributed by atoms with Crippen LogP contribution in [0.2, 0.25) is 0 Å². The van der Waals surface area contributed by atoms with Gasteiger partial charge in [-0.1, -0.05) is 38.5 Å². The van der Waals surface area contributed by atoms with Gasteiger partial charge in [-0.25, -0.2) is 0 Å². The van der Waals surface area contributed by atoms with E-state index in [2.05, 4.69) is 72.9 Å². The van der Waals surface area contributed by atoms with Crippen molar-refractivity contribution in [1.29, 1.82) is 0 Å². The first-order chi connectivity index (χ1) is 12.6. The molecular formula is C24H40N2S. The zero-order chi connectivity index (χ0) is 20.4. The van der Waals surface area contributed by atoms with E-state index in [1.54, 1.807) is 0 Å². The van der Waals surface area contributed by atoms with Crippen LogP contribution >= 0.6 is 11.8 Å². The molecule has 2 nitrogen and oxygen atoms in total. The lowest BCUT2D eigenvalue weighted by Crippen LogP contribution is -2.45. The topological polar surface area (TPSA) is 38.0 Å². The number of piperidine rings is 1. The van der Waals surface area contributed by atoms with E-state index < -0.39 is 5.54 Å². The Kier molecular flexibility index (Phi) is 7.49. The molecule has 3 N–H and O–H groups in total. The van der Waals surface area contributed by atoms with Gasteiger partial charge in [0.1, 0.15) is 0 Å². The number of thioether (sulfide) groups is 1. The summed E-state index contributed by atoms with van der Waals surface area (Å²) in [5, 5.41) is 3.76. The van der Waals surface area contributed by atoms with Crippen molar-refractivity contribution in [2.45, 2.75) is 86.2 Å². The molecule has 1 saturated heterocycles. The van der Waals surface area contributed by atoms with E-state index in [1.807, 2.05) is 11.8 Å². The monoisotopic (exact) mass is 388 g/mol. The molecule has 2 aliphatic rings. The maximum absolute atomic E-state index is 7.12. The van der Waals surface area contributed by atoms with E-state index in [9.17, 15) is 0 Å². The predicted octanol–water partition coefficient (Wildman–Crippen LogP) is 6.33. The van der Waals surface area contributed by atoms with Crippen molar-refractivity contribution in [2.75, 3.05) is 5.75 Å². The summed E-state index contributed by atoms with van der Waals surface area (Å²) in [7, 11) is 0. The van der Waals surface area contributed by atoms with Crippen LogP contribution in [0, 0.1) is 11.8 Å². The van der Waals surface area contributed by atoms with Crippen LogP contribution in [0.1, 0.15) is 74.7 Å². The molecule has 0 aromatic carbocycles. The van der Waals surface area contributed by atoms with Crippen LogP contribution in [0.4, 0.5) is 0 Å². The first-order valence-electron chi connectivity index (χ1n) is 10.6. The van der Waals surface area contributed by atoms with Crippen molar-refractivity contribution < 1.29 is 0 Å². The molecule has 0 aromatic heterocycles. The van der Waals surface area contributed by atoms with Crippen molar-refractivity contribution >= 4 is 11.8 Å². The molecule has 27 heavy (non-hydrogen) atoms. The molecule has 0 aliphatic carbocycles. The highest BCUT2D eigenvalue weighted by Crippen LogP contribution is 2.40. The fourth-order valence-electron chi connectivity index (χ4n) is 4.29. The van der Waals surface area contributed by atoms with Crippen LogP contribution in [0.15, 0.2) is 45.0 Å². The van der Waals surface area contributed by atoms with E-state index >= 15 is 0 Å². The van der Waals surface area contributed by atoms with Gasteiger partial charge in [0.25, 0.3) is 0 Å². The Morgan fingerprint density at radius 1 is 1.33 bits per heavy atom. The minimum absolute atomic E-state index is 0.436. The molecule has 152 valence electrons. The zero-order valence-electron chi connectivity index (χ0n) is 18.7. The molecule has 3 unspecified atom stereocenters. The molecule has 0 bridgehead atoms. The van der Waals surface area contributed by atoms with Crippen molar-refractivity contribution in [1.82, 2.24) is 5.32 Å². The molecule has 4 atom stereocenters. The van der Waals surface area contributed by atoms with E-state index in [-0.39, 0.29) is 0 Å². The van der Waals surface area contributed by atoms with Gasteiger partial charge in [0.15, 0.2) is 0 Å². The molecule has 0 saturated carbocycles. The minimum Gasteiger partial charge on any atom is -0.382 e. The molecule has 2 aliphatic heterocycles. The molecular weight excluding hydrogens is 348 g/mol. The van der Waals surface area contributed by atoms with E-state index in [0.717, 1.165) is 18.6 Å². The van der Waals surface area contributed by atoms with Crippen LogP contribution in [-0.2, 0) is 0 Å². The zero-order valence-corrected chi connectivity index (χ0v) is 19.5. The SMILES string of the molecule is CC/C=C1/CCC(C)N/C1=C(/C)[C@](C)(N)/C1=C(\C)C(C)C(C)/C=C(/C)SC1. The van der Waals surface area contributed by atoms with Gasteiger partial charge in [-0.15, -0.1) is 11.8 Å². The third-order valence-electron chi connectivity index (χ3n) is 6.68. The van der Waals surface area contributed by atoms with E-state index in [4.69, 9.17) is 5.73 Å². The average Bonchev–Trinajstić information content (AvgIpc) is 2.61. The van der Waals surface area contributed by atoms with Crippen molar-refractivity contribution in [2.24, 2.45) is 17.6 Å². The van der Waals surface area contributed by atoms with E-state index in [0.29, 0.717) is 17.9 Å². The highest BCUT2D eigenvalue weighted by atomic mass is 32.2. The highest BCUT2D eigenvalue weighted by Gasteiger charge is 2.34. The van der Waals surface area contributed by atoms with Crippen molar-refractivity contribution in [3.8, 4) is 0 Å². The number of nitrogens with one attached hydrogen (secondary N) is 1. The molecule has 0 aromatic rings. The third kappa shape index (κ3) is 4.92. The fraction of sp³-hybridized carbons (Fsp3) is 0.667. The molecule has 2 rings (SSSR count). The molecule has 2 heterocycles. The van der Waals surface area contributed by atoms with Gasteiger partial charge in [0, 0.05) is 17.5 Å². The largest absolute Gasteiger partial charge is 0.382 e. The molecule has 0 spiro atoms. The predicted molar refractivity (Wildman–Crippen MR) is 123 cm³/mol. The quantitative estimate of drug-likeness (QED) is 0.555. The summed E-state index contributed by atoms with van der Waals surface area (Å²) < 4.78 is 0. The van der Waals surface area contributed by atoms with Gasteiger partial charge < -0.3 is 11.1 Å². The molecule has 0 amide bonds. The maximum atomic E-state index is 7.12. The lowest BCUT2D eigenvalue weighted by atomic mass is 9.76. The highest BCUT2D eigenvalue weighted by molar-refractivity contribution is 8.03. The standard InChI is InChI=1S/C24H40N2S/c1-9-10-21-12-11-16(3)26-23(21)20(7)24(8,25)22-14-27-17(4)13-15(2)18(5)19(22)6/h10,13,15-16,18,26H,9,11-12,14,25H2,1-8H3/b17-13-,21-10-,22-19+,23-20-/t15?,16?,18?,24-/m0/s1. The number of allylic oxidation sites excluding steroid dienone is 5. The maximum Gasteiger partial charge on any atom is 0.0586 e. The van der Waals surface area contributed by atoms with Gasteiger partial charge in [0.2, 0.25) is 0 Å². The summed E-state index contributed by atoms with van der Waals surface area (Å²) in [5.41, 5.74) is 13.6. The van der Waals surface area contributed by atoms with E-state index in [1.165, 1.54) is 39.3 Å². The summed E-state index contributed by atoms with van der Waals surface area (Å²) in [6, 6.07) is 0.505. The van der Waals surface area contributed by atoms with Crippen LogP contribution < -0.4 is 11.1 Å². The lowest BCUT2D eigenvalue weighted by molar-refractivity contribution is 0.496. The minimum atomic E-state index is -0.436. The Labute approximate surface area is 171 Å². The second-order valence-electron chi connectivity index (χ2n) is 8.80. The Hall–Kier alpha value is -0.930. The molecule has 3 heteroatoms. The van der Waals surface area contributed by atoms with Crippen LogP contribution in [0.5, 0.6) is 0 Å². The second-order valence-corrected chi connectivity index (χ2v) is 10.0. The summed E-state index contributed by atoms with van der Waals surface area (Å²) in [5.74, 6) is 2.03. The number of hydrogen-bond acceptors (Lipinski definition) is 3. The molecule has 0 radical (unpaired) electrons. The fourth-order valence-corrected chi connectivity index (χ4v) is 5.50. The first-order valence-corrected chi connectivity index (χ1v) is 11.6. The second kappa shape index (κ2) is 9.05. The normalized spacial score (nSPS) is 37.6. The summed E-state index contributed by atoms with van der Waals surface area (Å²) in [6.45, 7) is 18.2. The van der Waals surface area contributed by atoms with Gasteiger partial charge in [-0.05, 0) is 87.3 Å². The van der Waals surface area contributed by atoms with Crippen LogP contribution in [0.3, 0.4) is 0 Å². The summed E-state index contributed by atoms with van der Waals surface area (Å²) in [6.07, 6.45) is 8.20. The first kappa shape index (κ1) is 22.4. The Bertz CT molecular complexity index is 674. The van der Waals surface area contributed by atoms with Gasteiger partial charge >= 0.3 is 0 Å².